The van der Waals surface area contributed by atoms with Crippen molar-refractivity contribution in [3.05, 3.63) is 0 Å². The minimum Gasteiger partial charge on any atom is -0.343 e. The van der Waals surface area contributed by atoms with Crippen LogP contribution in [-0.2, 0) is 9.59 Å². The summed E-state index contributed by atoms with van der Waals surface area (Å²) in [7, 11) is 0. The molecule has 4 heteroatoms. The molecular formula is C16H28N2O2. The van der Waals surface area contributed by atoms with Gasteiger partial charge in [-0.2, -0.15) is 0 Å². The number of carbonyl (C=O) groups is 2. The van der Waals surface area contributed by atoms with Crippen molar-refractivity contribution in [3.63, 3.8) is 0 Å². The van der Waals surface area contributed by atoms with Gasteiger partial charge in [0, 0.05) is 39.0 Å². The second kappa shape index (κ2) is 7.65. The smallest absolute Gasteiger partial charge is 0.222 e. The molecule has 0 atom stereocenters. The van der Waals surface area contributed by atoms with E-state index in [9.17, 15) is 9.59 Å². The molecule has 0 aliphatic carbocycles. The molecule has 4 nitrogen and oxygen atoms in total. The molecule has 0 aromatic rings. The third-order valence-corrected chi connectivity index (χ3v) is 4.46. The van der Waals surface area contributed by atoms with Gasteiger partial charge in [-0.25, -0.2) is 0 Å². The van der Waals surface area contributed by atoms with Gasteiger partial charge < -0.3 is 9.80 Å². The van der Waals surface area contributed by atoms with Crippen molar-refractivity contribution < 1.29 is 9.59 Å². The maximum Gasteiger partial charge on any atom is 0.222 e. The lowest BCUT2D eigenvalue weighted by molar-refractivity contribution is -0.135. The fourth-order valence-electron chi connectivity index (χ4n) is 3.21. The Morgan fingerprint density at radius 1 is 0.750 bits per heavy atom. The van der Waals surface area contributed by atoms with Gasteiger partial charge in [0.25, 0.3) is 0 Å². The SMILES string of the molecule is CC(CC(=O)N1CCCCC1)CC(=O)N1CCCCC1. The van der Waals surface area contributed by atoms with Gasteiger partial charge in [-0.05, 0) is 44.4 Å². The van der Waals surface area contributed by atoms with Gasteiger partial charge in [-0.3, -0.25) is 9.59 Å². The molecule has 0 aromatic carbocycles. The van der Waals surface area contributed by atoms with Crippen molar-refractivity contribution >= 4 is 11.8 Å². The summed E-state index contributed by atoms with van der Waals surface area (Å²) in [4.78, 5) is 28.3. The Morgan fingerprint density at radius 2 is 1.10 bits per heavy atom. The van der Waals surface area contributed by atoms with Crippen molar-refractivity contribution in [2.45, 2.75) is 58.3 Å². The van der Waals surface area contributed by atoms with E-state index in [1.165, 1.54) is 12.8 Å². The Morgan fingerprint density at radius 3 is 1.45 bits per heavy atom. The molecule has 2 rings (SSSR count). The van der Waals surface area contributed by atoms with Gasteiger partial charge in [0.2, 0.25) is 11.8 Å². The number of carbonyl (C=O) groups excluding carboxylic acids is 2. The lowest BCUT2D eigenvalue weighted by atomic mass is 10.00. The summed E-state index contributed by atoms with van der Waals surface area (Å²) in [6, 6.07) is 0. The third-order valence-electron chi connectivity index (χ3n) is 4.46. The van der Waals surface area contributed by atoms with Crippen LogP contribution in [0.25, 0.3) is 0 Å². The molecule has 20 heavy (non-hydrogen) atoms. The standard InChI is InChI=1S/C16H28N2O2/c1-14(12-15(19)17-8-4-2-5-9-17)13-16(20)18-10-6-3-7-11-18/h14H,2-13H2,1H3. The molecule has 0 spiro atoms. The molecule has 0 radical (unpaired) electrons. The molecule has 0 unspecified atom stereocenters. The lowest BCUT2D eigenvalue weighted by Gasteiger charge is -2.29. The average molecular weight is 280 g/mol. The van der Waals surface area contributed by atoms with E-state index in [-0.39, 0.29) is 17.7 Å². The molecule has 2 saturated heterocycles. The van der Waals surface area contributed by atoms with Crippen LogP contribution >= 0.6 is 0 Å². The fourth-order valence-corrected chi connectivity index (χ4v) is 3.21. The van der Waals surface area contributed by atoms with Crippen LogP contribution in [0.3, 0.4) is 0 Å². The minimum atomic E-state index is 0.166. The highest BCUT2D eigenvalue weighted by atomic mass is 16.2. The first-order chi connectivity index (χ1) is 9.66. The van der Waals surface area contributed by atoms with E-state index >= 15 is 0 Å². The Kier molecular flexibility index (Phi) is 5.86. The first kappa shape index (κ1) is 15.3. The first-order valence-corrected chi connectivity index (χ1v) is 8.22. The molecule has 2 aliphatic rings. The average Bonchev–Trinajstić information content (AvgIpc) is 2.49. The number of amides is 2. The third kappa shape index (κ3) is 4.50. The Labute approximate surface area is 122 Å². The Bertz CT molecular complexity index is 299. The van der Waals surface area contributed by atoms with Crippen LogP contribution in [0.15, 0.2) is 0 Å². The number of rotatable bonds is 4. The Hall–Kier alpha value is -1.06. The summed E-state index contributed by atoms with van der Waals surface area (Å²) in [5.74, 6) is 0.645. The maximum absolute atomic E-state index is 12.2. The molecular weight excluding hydrogens is 252 g/mol. The zero-order valence-electron chi connectivity index (χ0n) is 12.8. The molecule has 0 bridgehead atoms. The quantitative estimate of drug-likeness (QED) is 0.793. The lowest BCUT2D eigenvalue weighted by Crippen LogP contribution is -2.38. The topological polar surface area (TPSA) is 40.6 Å². The van der Waals surface area contributed by atoms with E-state index in [2.05, 4.69) is 0 Å². The van der Waals surface area contributed by atoms with Crippen molar-refractivity contribution in [2.24, 2.45) is 5.92 Å². The van der Waals surface area contributed by atoms with E-state index in [4.69, 9.17) is 0 Å². The summed E-state index contributed by atoms with van der Waals surface area (Å²) in [5.41, 5.74) is 0. The van der Waals surface area contributed by atoms with Crippen LogP contribution in [0.1, 0.15) is 58.3 Å². The molecule has 114 valence electrons. The van der Waals surface area contributed by atoms with Gasteiger partial charge in [0.05, 0.1) is 0 Å². The summed E-state index contributed by atoms with van der Waals surface area (Å²) >= 11 is 0. The number of piperidine rings is 2. The molecule has 2 fully saturated rings. The summed E-state index contributed by atoms with van der Waals surface area (Å²) < 4.78 is 0. The molecule has 2 amide bonds. The monoisotopic (exact) mass is 280 g/mol. The summed E-state index contributed by atoms with van der Waals surface area (Å²) in [6.45, 7) is 5.66. The molecule has 0 saturated carbocycles. The highest BCUT2D eigenvalue weighted by Gasteiger charge is 2.22. The van der Waals surface area contributed by atoms with E-state index in [1.807, 2.05) is 16.7 Å². The predicted molar refractivity (Wildman–Crippen MR) is 79.3 cm³/mol. The van der Waals surface area contributed by atoms with Gasteiger partial charge in [0.1, 0.15) is 0 Å². The summed E-state index contributed by atoms with van der Waals surface area (Å²) in [5, 5.41) is 0. The number of nitrogens with zero attached hydrogens (tertiary/aromatic N) is 2. The summed E-state index contributed by atoms with van der Waals surface area (Å²) in [6.07, 6.45) is 8.07. The van der Waals surface area contributed by atoms with E-state index in [0.29, 0.717) is 12.8 Å². The Balaban J connectivity index is 1.72. The van der Waals surface area contributed by atoms with E-state index in [0.717, 1.165) is 51.9 Å². The van der Waals surface area contributed by atoms with Gasteiger partial charge in [-0.15, -0.1) is 0 Å². The highest BCUT2D eigenvalue weighted by molar-refractivity contribution is 5.79. The first-order valence-electron chi connectivity index (χ1n) is 8.22. The van der Waals surface area contributed by atoms with Crippen LogP contribution in [-0.4, -0.2) is 47.8 Å². The fraction of sp³-hybridized carbons (Fsp3) is 0.875. The largest absolute Gasteiger partial charge is 0.343 e. The van der Waals surface area contributed by atoms with Crippen LogP contribution in [0.2, 0.25) is 0 Å². The molecule has 0 aromatic heterocycles. The number of likely N-dealkylation sites (tertiary alicyclic amines) is 2. The van der Waals surface area contributed by atoms with Gasteiger partial charge in [-0.1, -0.05) is 6.92 Å². The van der Waals surface area contributed by atoms with Crippen molar-refractivity contribution in [2.75, 3.05) is 26.2 Å². The van der Waals surface area contributed by atoms with Crippen molar-refractivity contribution in [3.8, 4) is 0 Å². The van der Waals surface area contributed by atoms with Crippen LogP contribution in [0, 0.1) is 5.92 Å². The minimum absolute atomic E-state index is 0.166. The van der Waals surface area contributed by atoms with Gasteiger partial charge >= 0.3 is 0 Å². The molecule has 0 N–H and O–H groups in total. The zero-order valence-corrected chi connectivity index (χ0v) is 12.8. The molecule has 2 aliphatic heterocycles. The van der Waals surface area contributed by atoms with Crippen molar-refractivity contribution in [1.82, 2.24) is 9.80 Å². The normalized spacial score (nSPS) is 20.3. The maximum atomic E-state index is 12.2. The predicted octanol–water partition coefficient (Wildman–Crippen LogP) is 2.43. The molecule has 2 heterocycles. The van der Waals surface area contributed by atoms with E-state index < -0.39 is 0 Å². The van der Waals surface area contributed by atoms with Crippen LogP contribution in [0.5, 0.6) is 0 Å². The van der Waals surface area contributed by atoms with Gasteiger partial charge in [0.15, 0.2) is 0 Å². The zero-order chi connectivity index (χ0) is 14.4. The van der Waals surface area contributed by atoms with Crippen molar-refractivity contribution in [1.29, 1.82) is 0 Å². The van der Waals surface area contributed by atoms with Crippen LogP contribution in [0.4, 0.5) is 0 Å². The highest BCUT2D eigenvalue weighted by Crippen LogP contribution is 2.17. The second-order valence-electron chi connectivity index (χ2n) is 6.40. The number of hydrogen-bond acceptors (Lipinski definition) is 2. The van der Waals surface area contributed by atoms with Crippen LogP contribution < -0.4 is 0 Å². The second-order valence-corrected chi connectivity index (χ2v) is 6.40. The van der Waals surface area contributed by atoms with E-state index in [1.54, 1.807) is 0 Å². The number of hydrogen-bond donors (Lipinski definition) is 0.